The molecule has 3 rings (SSSR count). The summed E-state index contributed by atoms with van der Waals surface area (Å²) in [6.45, 7) is 6.38. The number of hydrogen-bond donors (Lipinski definition) is 0. The molecule has 1 aliphatic rings. The highest BCUT2D eigenvalue weighted by Crippen LogP contribution is 2.32. The molecule has 1 heterocycles. The van der Waals surface area contributed by atoms with E-state index in [0.29, 0.717) is 25.1 Å². The van der Waals surface area contributed by atoms with Crippen molar-refractivity contribution in [3.05, 3.63) is 71.0 Å². The summed E-state index contributed by atoms with van der Waals surface area (Å²) in [4.78, 5) is 17.5. The van der Waals surface area contributed by atoms with Crippen molar-refractivity contribution in [1.82, 2.24) is 5.06 Å². The molecule has 0 saturated carbocycles. The molecule has 31 heavy (non-hydrogen) atoms. The first-order chi connectivity index (χ1) is 14.7. The Bertz CT molecular complexity index is 934. The molecule has 0 bridgehead atoms. The van der Waals surface area contributed by atoms with Gasteiger partial charge in [0.15, 0.2) is 0 Å². The van der Waals surface area contributed by atoms with Crippen LogP contribution in [-0.4, -0.2) is 36.0 Å². The predicted octanol–water partition coefficient (Wildman–Crippen LogP) is 4.94. The molecule has 0 aliphatic carbocycles. The molecule has 2 aromatic carbocycles. The number of piperidine rings is 1. The number of benzene rings is 2. The molecular formula is C24H27FN2O4. The average Bonchev–Trinajstić information content (AvgIpc) is 2.72. The number of ether oxygens (including phenoxy) is 2. The summed E-state index contributed by atoms with van der Waals surface area (Å²) < 4.78 is 24.8. The lowest BCUT2D eigenvalue weighted by Gasteiger charge is -2.37. The molecule has 0 N–H and O–H groups in total. The Kier molecular flexibility index (Phi) is 7.26. The third kappa shape index (κ3) is 6.51. The average molecular weight is 426 g/mol. The molecule has 2 atom stereocenters. The van der Waals surface area contributed by atoms with Gasteiger partial charge in [0, 0.05) is 12.5 Å². The van der Waals surface area contributed by atoms with Crippen molar-refractivity contribution in [3.8, 4) is 6.07 Å². The SMILES string of the molecule is CC(C)(C)OC(=O)ON1CCC(c2ccc(F)cc2)C(OCc2ccccc2C#N)C1. The molecule has 0 radical (unpaired) electrons. The molecule has 1 aliphatic heterocycles. The molecule has 6 nitrogen and oxygen atoms in total. The van der Waals surface area contributed by atoms with Gasteiger partial charge < -0.3 is 14.3 Å². The van der Waals surface area contributed by atoms with E-state index in [9.17, 15) is 14.4 Å². The van der Waals surface area contributed by atoms with Crippen LogP contribution in [0.1, 0.15) is 49.8 Å². The monoisotopic (exact) mass is 426 g/mol. The van der Waals surface area contributed by atoms with Crippen molar-refractivity contribution < 1.29 is 23.5 Å². The number of carbonyl (C=O) groups excluding carboxylic acids is 1. The minimum absolute atomic E-state index is 0.00617. The highest BCUT2D eigenvalue weighted by atomic mass is 19.1. The first-order valence-electron chi connectivity index (χ1n) is 10.3. The van der Waals surface area contributed by atoms with Crippen LogP contribution in [0.15, 0.2) is 48.5 Å². The van der Waals surface area contributed by atoms with Crippen LogP contribution in [0.25, 0.3) is 0 Å². The standard InChI is InChI=1S/C24H27FN2O4/c1-24(2,3)30-23(28)31-27-13-12-21(17-8-10-20(25)11-9-17)22(15-27)29-16-19-7-5-4-6-18(19)14-26/h4-11,21-22H,12-13,15-16H2,1-3H3. The van der Waals surface area contributed by atoms with Crippen molar-refractivity contribution in [2.75, 3.05) is 13.1 Å². The Morgan fingerprint density at radius 1 is 1.19 bits per heavy atom. The highest BCUT2D eigenvalue weighted by molar-refractivity contribution is 5.60. The molecule has 2 aromatic rings. The Balaban J connectivity index is 1.73. The second-order valence-corrected chi connectivity index (χ2v) is 8.51. The smallest absolute Gasteiger partial charge is 0.427 e. The van der Waals surface area contributed by atoms with Crippen LogP contribution in [0.2, 0.25) is 0 Å². The van der Waals surface area contributed by atoms with E-state index in [0.717, 1.165) is 11.1 Å². The largest absolute Gasteiger partial charge is 0.528 e. The van der Waals surface area contributed by atoms with E-state index in [2.05, 4.69) is 6.07 Å². The maximum atomic E-state index is 13.4. The number of nitrogens with zero attached hydrogens (tertiary/aromatic N) is 2. The Hall–Kier alpha value is -2.95. The third-order valence-electron chi connectivity index (χ3n) is 5.00. The van der Waals surface area contributed by atoms with Crippen LogP contribution in [-0.2, 0) is 20.9 Å². The summed E-state index contributed by atoms with van der Waals surface area (Å²) in [7, 11) is 0. The van der Waals surface area contributed by atoms with Crippen LogP contribution in [0.4, 0.5) is 9.18 Å². The predicted molar refractivity (Wildman–Crippen MR) is 112 cm³/mol. The zero-order valence-corrected chi connectivity index (χ0v) is 18.0. The number of carbonyl (C=O) groups is 1. The molecule has 1 fully saturated rings. The normalized spacial score (nSPS) is 19.5. The summed E-state index contributed by atoms with van der Waals surface area (Å²) in [5.74, 6) is -0.303. The van der Waals surface area contributed by atoms with Gasteiger partial charge in [0.2, 0.25) is 0 Å². The van der Waals surface area contributed by atoms with E-state index >= 15 is 0 Å². The fourth-order valence-electron chi connectivity index (χ4n) is 3.56. The van der Waals surface area contributed by atoms with Gasteiger partial charge in [-0.25, -0.2) is 9.18 Å². The Labute approximate surface area is 182 Å². The van der Waals surface area contributed by atoms with Crippen molar-refractivity contribution in [3.63, 3.8) is 0 Å². The number of hydroxylamine groups is 2. The van der Waals surface area contributed by atoms with E-state index in [4.69, 9.17) is 14.3 Å². The molecule has 0 amide bonds. The molecule has 164 valence electrons. The van der Waals surface area contributed by atoms with Crippen LogP contribution in [0.5, 0.6) is 0 Å². The zero-order chi connectivity index (χ0) is 22.4. The molecule has 0 spiro atoms. The first kappa shape index (κ1) is 22.7. The summed E-state index contributed by atoms with van der Waals surface area (Å²) in [6.07, 6.45) is -0.436. The van der Waals surface area contributed by atoms with Crippen LogP contribution < -0.4 is 0 Å². The van der Waals surface area contributed by atoms with E-state index in [-0.39, 0.29) is 24.4 Å². The number of nitriles is 1. The van der Waals surface area contributed by atoms with Crippen molar-refractivity contribution in [1.29, 1.82) is 5.26 Å². The van der Waals surface area contributed by atoms with E-state index in [1.54, 1.807) is 45.0 Å². The fraction of sp³-hybridized carbons (Fsp3) is 0.417. The van der Waals surface area contributed by atoms with Crippen LogP contribution >= 0.6 is 0 Å². The van der Waals surface area contributed by atoms with E-state index in [1.165, 1.54) is 17.2 Å². The van der Waals surface area contributed by atoms with Gasteiger partial charge in [-0.05, 0) is 56.5 Å². The lowest BCUT2D eigenvalue weighted by atomic mass is 9.87. The lowest BCUT2D eigenvalue weighted by Crippen LogP contribution is -2.45. The van der Waals surface area contributed by atoms with Crippen LogP contribution in [0.3, 0.4) is 0 Å². The van der Waals surface area contributed by atoms with Crippen molar-refractivity contribution in [2.24, 2.45) is 0 Å². The van der Waals surface area contributed by atoms with Gasteiger partial charge in [-0.3, -0.25) is 0 Å². The summed E-state index contributed by atoms with van der Waals surface area (Å²) in [6, 6.07) is 15.8. The number of hydrogen-bond acceptors (Lipinski definition) is 6. The second-order valence-electron chi connectivity index (χ2n) is 8.51. The highest BCUT2D eigenvalue weighted by Gasteiger charge is 2.34. The number of rotatable bonds is 5. The Morgan fingerprint density at radius 2 is 1.90 bits per heavy atom. The molecule has 0 aromatic heterocycles. The maximum Gasteiger partial charge on any atom is 0.528 e. The topological polar surface area (TPSA) is 71.8 Å². The van der Waals surface area contributed by atoms with Gasteiger partial charge in [-0.15, -0.1) is 5.06 Å². The van der Waals surface area contributed by atoms with Gasteiger partial charge in [-0.2, -0.15) is 5.26 Å². The molecular weight excluding hydrogens is 399 g/mol. The van der Waals surface area contributed by atoms with Gasteiger partial charge in [0.25, 0.3) is 0 Å². The molecule has 1 saturated heterocycles. The summed E-state index contributed by atoms with van der Waals surface area (Å²) >= 11 is 0. The van der Waals surface area contributed by atoms with Gasteiger partial charge in [0.1, 0.15) is 11.4 Å². The van der Waals surface area contributed by atoms with Gasteiger partial charge in [-0.1, -0.05) is 30.3 Å². The lowest BCUT2D eigenvalue weighted by molar-refractivity contribution is -0.179. The van der Waals surface area contributed by atoms with Crippen LogP contribution in [0, 0.1) is 17.1 Å². The van der Waals surface area contributed by atoms with Crippen molar-refractivity contribution >= 4 is 6.16 Å². The fourth-order valence-corrected chi connectivity index (χ4v) is 3.56. The third-order valence-corrected chi connectivity index (χ3v) is 5.00. The molecule has 2 unspecified atom stereocenters. The summed E-state index contributed by atoms with van der Waals surface area (Å²) in [5.41, 5.74) is 1.64. The first-order valence-corrected chi connectivity index (χ1v) is 10.3. The minimum Gasteiger partial charge on any atom is -0.427 e. The van der Waals surface area contributed by atoms with Crippen molar-refractivity contribution in [2.45, 2.75) is 51.4 Å². The number of halogens is 1. The minimum atomic E-state index is -0.763. The molecule has 7 heteroatoms. The van der Waals surface area contributed by atoms with E-state index in [1.807, 2.05) is 12.1 Å². The maximum absolute atomic E-state index is 13.4. The van der Waals surface area contributed by atoms with Gasteiger partial charge in [0.05, 0.1) is 30.9 Å². The zero-order valence-electron chi connectivity index (χ0n) is 18.0. The van der Waals surface area contributed by atoms with Gasteiger partial charge >= 0.3 is 6.16 Å². The Morgan fingerprint density at radius 3 is 2.58 bits per heavy atom. The summed E-state index contributed by atoms with van der Waals surface area (Å²) in [5, 5.41) is 10.9. The second kappa shape index (κ2) is 9.90. The quantitative estimate of drug-likeness (QED) is 0.631. The van der Waals surface area contributed by atoms with E-state index < -0.39 is 11.8 Å².